The number of amides is 1. The molecule has 0 bridgehead atoms. The van der Waals surface area contributed by atoms with Crippen LogP contribution in [0.4, 0.5) is 13.2 Å². The third-order valence-electron chi connectivity index (χ3n) is 5.12. The Morgan fingerprint density at radius 1 is 1.00 bits per heavy atom. The number of carbonyl (C=O) groups excluding carboxylic acids is 1. The molecule has 27 heavy (non-hydrogen) atoms. The van der Waals surface area contributed by atoms with E-state index < -0.39 is 11.7 Å². The third kappa shape index (κ3) is 4.18. The van der Waals surface area contributed by atoms with Gasteiger partial charge >= 0.3 is 6.18 Å². The van der Waals surface area contributed by atoms with Crippen molar-refractivity contribution in [2.24, 2.45) is 0 Å². The summed E-state index contributed by atoms with van der Waals surface area (Å²) in [7, 11) is 0. The van der Waals surface area contributed by atoms with Crippen molar-refractivity contribution < 1.29 is 22.4 Å². The predicted octanol–water partition coefficient (Wildman–Crippen LogP) is 4.18. The maximum Gasteiger partial charge on any atom is 0.416 e. The molecule has 0 spiro atoms. The zero-order chi connectivity index (χ0) is 19.8. The quantitative estimate of drug-likeness (QED) is 0.802. The minimum Gasteiger partial charge on any atom is -0.466 e. The molecule has 0 atom stereocenters. The largest absolute Gasteiger partial charge is 0.466 e. The lowest BCUT2D eigenvalue weighted by atomic mass is 10.1. The summed E-state index contributed by atoms with van der Waals surface area (Å²) in [5.74, 6) is 1.38. The Labute approximate surface area is 156 Å². The van der Waals surface area contributed by atoms with E-state index in [-0.39, 0.29) is 5.91 Å². The Kier molecular flexibility index (Phi) is 5.33. The van der Waals surface area contributed by atoms with Gasteiger partial charge in [0.2, 0.25) is 0 Å². The molecule has 146 valence electrons. The average molecular weight is 380 g/mol. The van der Waals surface area contributed by atoms with Crippen LogP contribution >= 0.6 is 0 Å². The van der Waals surface area contributed by atoms with Crippen molar-refractivity contribution >= 4 is 5.91 Å². The second-order valence-electron chi connectivity index (χ2n) is 6.98. The molecule has 4 nitrogen and oxygen atoms in total. The fourth-order valence-corrected chi connectivity index (χ4v) is 3.43. The van der Waals surface area contributed by atoms with E-state index in [9.17, 15) is 18.0 Å². The molecular formula is C20H23F3N2O2. The number of hydrogen-bond acceptors (Lipinski definition) is 3. The Hall–Kier alpha value is -2.28. The number of alkyl halides is 3. The van der Waals surface area contributed by atoms with Crippen LogP contribution in [0.1, 0.15) is 38.6 Å². The number of nitrogens with zero attached hydrogens (tertiary/aromatic N) is 2. The number of furan rings is 1. The van der Waals surface area contributed by atoms with Crippen molar-refractivity contribution in [1.82, 2.24) is 9.80 Å². The number of hydrogen-bond donors (Lipinski definition) is 0. The average Bonchev–Trinajstić information content (AvgIpc) is 2.87. The van der Waals surface area contributed by atoms with Crippen molar-refractivity contribution in [2.75, 3.05) is 26.2 Å². The molecule has 0 aliphatic carbocycles. The zero-order valence-corrected chi connectivity index (χ0v) is 15.7. The molecule has 0 N–H and O–H groups in total. The maximum atomic E-state index is 12.8. The highest BCUT2D eigenvalue weighted by Crippen LogP contribution is 2.29. The Morgan fingerprint density at radius 2 is 1.59 bits per heavy atom. The molecule has 1 amide bonds. The number of benzene rings is 1. The van der Waals surface area contributed by atoms with Gasteiger partial charge in [0.1, 0.15) is 11.5 Å². The lowest BCUT2D eigenvalue weighted by molar-refractivity contribution is -0.137. The van der Waals surface area contributed by atoms with Crippen molar-refractivity contribution in [3.05, 3.63) is 58.0 Å². The Balaban J connectivity index is 1.58. The summed E-state index contributed by atoms with van der Waals surface area (Å²) in [5, 5.41) is 0. The first-order chi connectivity index (χ1) is 12.7. The lowest BCUT2D eigenvalue weighted by Crippen LogP contribution is -2.48. The Morgan fingerprint density at radius 3 is 2.07 bits per heavy atom. The van der Waals surface area contributed by atoms with Crippen LogP contribution in [0.15, 0.2) is 28.7 Å². The van der Waals surface area contributed by atoms with Crippen LogP contribution < -0.4 is 0 Å². The fourth-order valence-electron chi connectivity index (χ4n) is 3.43. The molecule has 1 aliphatic rings. The summed E-state index contributed by atoms with van der Waals surface area (Å²) in [6.07, 6.45) is -4.31. The maximum absolute atomic E-state index is 12.8. The summed E-state index contributed by atoms with van der Waals surface area (Å²) in [5.41, 5.74) is 1.72. The van der Waals surface area contributed by atoms with Crippen LogP contribution in [0.2, 0.25) is 0 Å². The highest BCUT2D eigenvalue weighted by Gasteiger charge is 2.30. The molecule has 1 aromatic heterocycles. The van der Waals surface area contributed by atoms with Gasteiger partial charge in [-0.2, -0.15) is 13.2 Å². The first kappa shape index (κ1) is 19.5. The summed E-state index contributed by atoms with van der Waals surface area (Å²) in [6, 6.07) is 5.26. The number of halogens is 3. The monoisotopic (exact) mass is 380 g/mol. The summed E-state index contributed by atoms with van der Waals surface area (Å²) in [4.78, 5) is 16.8. The van der Waals surface area contributed by atoms with E-state index in [0.717, 1.165) is 29.0 Å². The second kappa shape index (κ2) is 7.38. The van der Waals surface area contributed by atoms with Crippen LogP contribution in [0.5, 0.6) is 0 Å². The molecule has 1 saturated heterocycles. The third-order valence-corrected chi connectivity index (χ3v) is 5.12. The molecule has 1 fully saturated rings. The van der Waals surface area contributed by atoms with Gasteiger partial charge in [-0.15, -0.1) is 0 Å². The smallest absolute Gasteiger partial charge is 0.416 e. The molecule has 7 heteroatoms. The molecule has 3 rings (SSSR count). The number of aryl methyl sites for hydroxylation is 2. The molecule has 2 heterocycles. The minimum atomic E-state index is -4.31. The van der Waals surface area contributed by atoms with E-state index in [1.807, 2.05) is 18.7 Å². The van der Waals surface area contributed by atoms with Crippen molar-refractivity contribution in [1.29, 1.82) is 0 Å². The predicted molar refractivity (Wildman–Crippen MR) is 95.5 cm³/mol. The molecule has 1 aliphatic heterocycles. The van der Waals surface area contributed by atoms with Crippen molar-refractivity contribution in [2.45, 2.75) is 33.5 Å². The Bertz CT molecular complexity index is 817. The van der Waals surface area contributed by atoms with E-state index in [1.165, 1.54) is 12.1 Å². The topological polar surface area (TPSA) is 36.7 Å². The molecule has 1 aromatic carbocycles. The van der Waals surface area contributed by atoms with Gasteiger partial charge in [-0.1, -0.05) is 12.1 Å². The molecular weight excluding hydrogens is 357 g/mol. The molecule has 2 aromatic rings. The van der Waals surface area contributed by atoms with Crippen LogP contribution in [0.3, 0.4) is 0 Å². The van der Waals surface area contributed by atoms with Gasteiger partial charge in [-0.05, 0) is 38.5 Å². The summed E-state index contributed by atoms with van der Waals surface area (Å²) < 4.78 is 43.5. The normalized spacial score (nSPS) is 16.0. The fraction of sp³-hybridized carbons (Fsp3) is 0.450. The standard InChI is InChI=1S/C20H23F3N2O2/c1-13-14(2)27-15(3)18(13)19(26)25-10-8-24(9-11-25)12-16-4-6-17(7-5-16)20(21,22)23/h4-7H,8-12H2,1-3H3. The van der Waals surface area contributed by atoms with Gasteiger partial charge in [0.15, 0.2) is 0 Å². The SMILES string of the molecule is Cc1oc(C)c(C(=O)N2CCN(Cc3ccc(C(F)(F)F)cc3)CC2)c1C. The van der Waals surface area contributed by atoms with Gasteiger partial charge in [0, 0.05) is 38.3 Å². The van der Waals surface area contributed by atoms with Crippen molar-refractivity contribution in [3.63, 3.8) is 0 Å². The van der Waals surface area contributed by atoms with E-state index >= 15 is 0 Å². The second-order valence-corrected chi connectivity index (χ2v) is 6.98. The first-order valence-electron chi connectivity index (χ1n) is 8.91. The number of rotatable bonds is 3. The molecule has 0 radical (unpaired) electrons. The van der Waals surface area contributed by atoms with Gasteiger partial charge in [0.05, 0.1) is 11.1 Å². The van der Waals surface area contributed by atoms with Crippen LogP contribution in [0, 0.1) is 20.8 Å². The van der Waals surface area contributed by atoms with Gasteiger partial charge < -0.3 is 9.32 Å². The number of piperazine rings is 1. The van der Waals surface area contributed by atoms with Crippen LogP contribution in [-0.2, 0) is 12.7 Å². The molecule has 0 unspecified atom stereocenters. The summed E-state index contributed by atoms with van der Waals surface area (Å²) >= 11 is 0. The van der Waals surface area contributed by atoms with Crippen molar-refractivity contribution in [3.8, 4) is 0 Å². The van der Waals surface area contributed by atoms with Gasteiger partial charge in [0.25, 0.3) is 5.91 Å². The van der Waals surface area contributed by atoms with Gasteiger partial charge in [-0.25, -0.2) is 0 Å². The first-order valence-corrected chi connectivity index (χ1v) is 8.91. The summed E-state index contributed by atoms with van der Waals surface area (Å²) in [6.45, 7) is 8.65. The minimum absolute atomic E-state index is 0.0176. The van der Waals surface area contributed by atoms with Crippen LogP contribution in [0.25, 0.3) is 0 Å². The van der Waals surface area contributed by atoms with E-state index in [4.69, 9.17) is 4.42 Å². The zero-order valence-electron chi connectivity index (χ0n) is 15.7. The highest BCUT2D eigenvalue weighted by molar-refractivity contribution is 5.97. The number of carbonyl (C=O) groups is 1. The lowest BCUT2D eigenvalue weighted by Gasteiger charge is -2.34. The van der Waals surface area contributed by atoms with E-state index in [1.54, 1.807) is 6.92 Å². The van der Waals surface area contributed by atoms with E-state index in [2.05, 4.69) is 4.90 Å². The molecule has 0 saturated carbocycles. The van der Waals surface area contributed by atoms with E-state index in [0.29, 0.717) is 44.0 Å². The highest BCUT2D eigenvalue weighted by atomic mass is 19.4. The van der Waals surface area contributed by atoms with Gasteiger partial charge in [-0.3, -0.25) is 9.69 Å². The van der Waals surface area contributed by atoms with Crippen LogP contribution in [-0.4, -0.2) is 41.9 Å².